The molecule has 0 aliphatic carbocycles. The summed E-state index contributed by atoms with van der Waals surface area (Å²) in [7, 11) is 1.16. The molecule has 0 amide bonds. The smallest absolute Gasteiger partial charge is 0.356 e. The Labute approximate surface area is 149 Å². The fourth-order valence-corrected chi connectivity index (χ4v) is 2.19. The van der Waals surface area contributed by atoms with Crippen molar-refractivity contribution in [3.63, 3.8) is 0 Å². The number of nitro groups is 1. The van der Waals surface area contributed by atoms with Crippen molar-refractivity contribution in [2.45, 2.75) is 26.4 Å². The first-order valence-corrected chi connectivity index (χ1v) is 7.63. The normalized spacial score (nSPS) is 11.1. The number of methoxy groups -OCH3 is 1. The van der Waals surface area contributed by atoms with Crippen LogP contribution in [0.2, 0.25) is 0 Å². The summed E-state index contributed by atoms with van der Waals surface area (Å²) in [6.45, 7) is 4.71. The molecule has 0 N–H and O–H groups in total. The van der Waals surface area contributed by atoms with Gasteiger partial charge in [0.1, 0.15) is 11.4 Å². The molecule has 0 fully saturated rings. The van der Waals surface area contributed by atoms with Gasteiger partial charge in [-0.25, -0.2) is 14.6 Å². The Kier molecular flexibility index (Phi) is 5.39. The molecule has 0 bridgehead atoms. The molecule has 26 heavy (non-hydrogen) atoms. The number of non-ortho nitro benzene ring substituents is 1. The summed E-state index contributed by atoms with van der Waals surface area (Å²) in [5, 5.41) is 11.5. The Morgan fingerprint density at radius 3 is 2.54 bits per heavy atom. The van der Waals surface area contributed by atoms with Crippen LogP contribution in [0.1, 0.15) is 31.3 Å². The molecule has 0 spiro atoms. The van der Waals surface area contributed by atoms with Crippen molar-refractivity contribution in [3.05, 3.63) is 40.1 Å². The van der Waals surface area contributed by atoms with Crippen LogP contribution >= 0.6 is 0 Å². The van der Waals surface area contributed by atoms with Gasteiger partial charge < -0.3 is 14.2 Å². The highest BCUT2D eigenvalue weighted by molar-refractivity contribution is 5.97. The number of carbonyl (C=O) groups excluding carboxylic acids is 2. The molecule has 0 atom stereocenters. The molecule has 2 rings (SSSR count). The van der Waals surface area contributed by atoms with E-state index in [0.29, 0.717) is 0 Å². The van der Waals surface area contributed by atoms with Crippen LogP contribution in [0.4, 0.5) is 5.69 Å². The van der Waals surface area contributed by atoms with Crippen LogP contribution in [-0.2, 0) is 14.3 Å². The molecule has 0 saturated carbocycles. The van der Waals surface area contributed by atoms with E-state index in [4.69, 9.17) is 9.47 Å². The number of para-hydroxylation sites is 1. The molecule has 0 unspecified atom stereocenters. The third kappa shape index (κ3) is 4.44. The van der Waals surface area contributed by atoms with E-state index in [2.05, 4.69) is 9.72 Å². The Balaban J connectivity index is 2.47. The number of ether oxygens (including phenoxy) is 3. The highest BCUT2D eigenvalue weighted by atomic mass is 16.6. The molecule has 9 heteroatoms. The van der Waals surface area contributed by atoms with Crippen LogP contribution < -0.4 is 4.74 Å². The summed E-state index contributed by atoms with van der Waals surface area (Å²) in [6.07, 6.45) is 0. The van der Waals surface area contributed by atoms with E-state index in [-0.39, 0.29) is 28.0 Å². The quantitative estimate of drug-likeness (QED) is 0.452. The first-order chi connectivity index (χ1) is 12.1. The van der Waals surface area contributed by atoms with Crippen LogP contribution in [0, 0.1) is 10.1 Å². The van der Waals surface area contributed by atoms with Crippen LogP contribution in [0.5, 0.6) is 5.75 Å². The van der Waals surface area contributed by atoms with E-state index < -0.39 is 29.1 Å². The monoisotopic (exact) mass is 362 g/mol. The van der Waals surface area contributed by atoms with Crippen molar-refractivity contribution in [3.8, 4) is 5.75 Å². The first kappa shape index (κ1) is 19.1. The Hall–Kier alpha value is -3.23. The second-order valence-corrected chi connectivity index (χ2v) is 6.30. The van der Waals surface area contributed by atoms with Gasteiger partial charge >= 0.3 is 11.9 Å². The molecule has 9 nitrogen and oxygen atoms in total. The van der Waals surface area contributed by atoms with Crippen molar-refractivity contribution in [1.29, 1.82) is 0 Å². The van der Waals surface area contributed by atoms with Gasteiger partial charge in [-0.2, -0.15) is 0 Å². The van der Waals surface area contributed by atoms with Gasteiger partial charge in [-0.1, -0.05) is 6.07 Å². The Morgan fingerprint density at radius 2 is 1.96 bits per heavy atom. The second-order valence-electron chi connectivity index (χ2n) is 6.30. The third-order valence-electron chi connectivity index (χ3n) is 3.14. The first-order valence-electron chi connectivity index (χ1n) is 7.63. The number of benzene rings is 1. The number of fused-ring (bicyclic) bond motifs is 1. The highest BCUT2D eigenvalue weighted by Gasteiger charge is 2.22. The standard InChI is InChI=1S/C17H18N2O7/c1-17(2,3)26-14(20)9-25-13-8-11(16(21)24-4)18-15-10(13)6-5-7-12(15)19(22)23/h5-8H,9H2,1-4H3. The summed E-state index contributed by atoms with van der Waals surface area (Å²) >= 11 is 0. The maximum absolute atomic E-state index is 11.9. The minimum atomic E-state index is -0.785. The zero-order chi connectivity index (χ0) is 19.5. The largest absolute Gasteiger partial charge is 0.481 e. The molecule has 0 saturated heterocycles. The van der Waals surface area contributed by atoms with Gasteiger partial charge in [0.25, 0.3) is 5.69 Å². The maximum atomic E-state index is 11.9. The van der Waals surface area contributed by atoms with Gasteiger partial charge in [-0.15, -0.1) is 0 Å². The van der Waals surface area contributed by atoms with E-state index >= 15 is 0 Å². The minimum Gasteiger partial charge on any atom is -0.481 e. The minimum absolute atomic E-state index is 0.0420. The third-order valence-corrected chi connectivity index (χ3v) is 3.14. The van der Waals surface area contributed by atoms with E-state index in [1.54, 1.807) is 26.8 Å². The number of hydrogen-bond donors (Lipinski definition) is 0. The summed E-state index contributed by atoms with van der Waals surface area (Å²) < 4.78 is 15.2. The molecule has 1 heterocycles. The number of hydrogen-bond acceptors (Lipinski definition) is 8. The summed E-state index contributed by atoms with van der Waals surface area (Å²) in [4.78, 5) is 38.3. The fourth-order valence-electron chi connectivity index (χ4n) is 2.19. The molecule has 1 aromatic carbocycles. The second kappa shape index (κ2) is 7.34. The van der Waals surface area contributed by atoms with Crippen LogP contribution in [0.15, 0.2) is 24.3 Å². The zero-order valence-corrected chi connectivity index (χ0v) is 14.8. The number of pyridine rings is 1. The van der Waals surface area contributed by atoms with Crippen molar-refractivity contribution in [2.24, 2.45) is 0 Å². The van der Waals surface area contributed by atoms with Crippen molar-refractivity contribution >= 4 is 28.5 Å². The topological polar surface area (TPSA) is 118 Å². The summed E-state index contributed by atoms with van der Waals surface area (Å²) in [5.41, 5.74) is -1.19. The molecule has 0 radical (unpaired) electrons. The van der Waals surface area contributed by atoms with Gasteiger partial charge in [0.15, 0.2) is 17.8 Å². The van der Waals surface area contributed by atoms with E-state index in [0.717, 1.165) is 7.11 Å². The number of aromatic nitrogens is 1. The molecule has 0 aliphatic rings. The lowest BCUT2D eigenvalue weighted by Crippen LogP contribution is -2.27. The van der Waals surface area contributed by atoms with Crippen LogP contribution in [-0.4, -0.2) is 41.2 Å². The van der Waals surface area contributed by atoms with E-state index in [1.807, 2.05) is 0 Å². The molecule has 2 aromatic rings. The summed E-state index contributed by atoms with van der Waals surface area (Å²) in [5.74, 6) is -1.32. The van der Waals surface area contributed by atoms with Gasteiger partial charge in [-0.05, 0) is 26.8 Å². The van der Waals surface area contributed by atoms with Crippen molar-refractivity contribution < 1.29 is 28.7 Å². The number of carbonyl (C=O) groups is 2. The molecule has 1 aromatic heterocycles. The van der Waals surface area contributed by atoms with Crippen LogP contribution in [0.3, 0.4) is 0 Å². The van der Waals surface area contributed by atoms with Crippen molar-refractivity contribution in [1.82, 2.24) is 4.98 Å². The Bertz CT molecular complexity index is 871. The predicted octanol–water partition coefficient (Wildman–Crippen LogP) is 2.65. The fraction of sp³-hybridized carbons (Fsp3) is 0.353. The molecular weight excluding hydrogens is 344 g/mol. The maximum Gasteiger partial charge on any atom is 0.356 e. The van der Waals surface area contributed by atoms with Crippen LogP contribution in [0.25, 0.3) is 10.9 Å². The van der Waals surface area contributed by atoms with Gasteiger partial charge in [0.05, 0.1) is 12.0 Å². The average molecular weight is 362 g/mol. The Morgan fingerprint density at radius 1 is 1.27 bits per heavy atom. The number of nitro benzene ring substituents is 1. The SMILES string of the molecule is COC(=O)c1cc(OCC(=O)OC(C)(C)C)c2cccc([N+](=O)[O-])c2n1. The zero-order valence-electron chi connectivity index (χ0n) is 14.8. The summed E-state index contributed by atoms with van der Waals surface area (Å²) in [6, 6.07) is 5.53. The lowest BCUT2D eigenvalue weighted by atomic mass is 10.1. The van der Waals surface area contributed by atoms with Gasteiger partial charge in [-0.3, -0.25) is 10.1 Å². The van der Waals surface area contributed by atoms with E-state index in [1.165, 1.54) is 18.2 Å². The lowest BCUT2D eigenvalue weighted by Gasteiger charge is -2.19. The van der Waals surface area contributed by atoms with Gasteiger partial charge in [0.2, 0.25) is 0 Å². The van der Waals surface area contributed by atoms with Gasteiger partial charge in [0, 0.05) is 17.5 Å². The predicted molar refractivity (Wildman–Crippen MR) is 91.1 cm³/mol. The molecule has 138 valence electrons. The molecule has 0 aliphatic heterocycles. The highest BCUT2D eigenvalue weighted by Crippen LogP contribution is 2.31. The molecular formula is C17H18N2O7. The van der Waals surface area contributed by atoms with E-state index in [9.17, 15) is 19.7 Å². The number of esters is 2. The number of rotatable bonds is 5. The number of nitrogens with zero attached hydrogens (tertiary/aromatic N) is 2. The average Bonchev–Trinajstić information content (AvgIpc) is 2.56. The van der Waals surface area contributed by atoms with Crippen molar-refractivity contribution in [2.75, 3.05) is 13.7 Å². The lowest BCUT2D eigenvalue weighted by molar-refractivity contribution is -0.383.